The van der Waals surface area contributed by atoms with E-state index in [9.17, 15) is 0 Å². The third-order valence-corrected chi connectivity index (χ3v) is 5.22. The Bertz CT molecular complexity index is 882. The van der Waals surface area contributed by atoms with Crippen molar-refractivity contribution in [3.63, 3.8) is 0 Å². The molecule has 6 heteroatoms. The summed E-state index contributed by atoms with van der Waals surface area (Å²) in [5, 5.41) is 8.78. The van der Waals surface area contributed by atoms with Crippen molar-refractivity contribution in [2.75, 3.05) is 29.4 Å². The van der Waals surface area contributed by atoms with Crippen LogP contribution in [0, 0.1) is 0 Å². The number of rotatable bonds is 3. The van der Waals surface area contributed by atoms with E-state index in [1.165, 1.54) is 24.1 Å². The Morgan fingerprint density at radius 3 is 2.64 bits per heavy atom. The number of aromatic nitrogens is 4. The summed E-state index contributed by atoms with van der Waals surface area (Å²) in [5.74, 6) is 1.87. The highest BCUT2D eigenvalue weighted by Gasteiger charge is 2.25. The van der Waals surface area contributed by atoms with Gasteiger partial charge in [0.2, 0.25) is 5.95 Å². The first-order valence-electron chi connectivity index (χ1n) is 9.17. The van der Waals surface area contributed by atoms with Gasteiger partial charge in [-0.05, 0) is 31.2 Å². The number of anilines is 2. The normalized spacial score (nSPS) is 17.3. The maximum atomic E-state index is 5.00. The van der Waals surface area contributed by atoms with Crippen LogP contribution in [0.2, 0.25) is 0 Å². The van der Waals surface area contributed by atoms with E-state index in [4.69, 9.17) is 9.97 Å². The standard InChI is InChI=1S/C19H22N6/c1-2-7-14(8-3-1)13-25-12-6-9-15-16-17(23-22-15)20-19(21-18(16)25)24-10-4-5-11-24/h1-3,7-8H,4-6,9-13H2,(H,20,21,22,23). The minimum Gasteiger partial charge on any atom is -0.351 e. The summed E-state index contributed by atoms with van der Waals surface area (Å²) in [6.45, 7) is 3.96. The number of nitrogens with zero attached hydrogens (tertiary/aromatic N) is 5. The molecule has 0 atom stereocenters. The smallest absolute Gasteiger partial charge is 0.229 e. The summed E-state index contributed by atoms with van der Waals surface area (Å²) in [7, 11) is 0. The average molecular weight is 334 g/mol. The highest BCUT2D eigenvalue weighted by molar-refractivity contribution is 5.91. The molecule has 0 aliphatic carbocycles. The quantitative estimate of drug-likeness (QED) is 0.798. The summed E-state index contributed by atoms with van der Waals surface area (Å²) >= 11 is 0. The van der Waals surface area contributed by atoms with Crippen LogP contribution in [-0.4, -0.2) is 39.8 Å². The van der Waals surface area contributed by atoms with Crippen LogP contribution < -0.4 is 9.80 Å². The lowest BCUT2D eigenvalue weighted by molar-refractivity contribution is 0.722. The van der Waals surface area contributed by atoms with Gasteiger partial charge >= 0.3 is 0 Å². The fourth-order valence-corrected chi connectivity index (χ4v) is 3.93. The molecule has 128 valence electrons. The van der Waals surface area contributed by atoms with Gasteiger partial charge in [-0.2, -0.15) is 15.1 Å². The molecule has 3 aromatic rings. The van der Waals surface area contributed by atoms with E-state index in [1.54, 1.807) is 0 Å². The second-order valence-corrected chi connectivity index (χ2v) is 6.95. The lowest BCUT2D eigenvalue weighted by atomic mass is 10.2. The minimum absolute atomic E-state index is 0.807. The first-order valence-corrected chi connectivity index (χ1v) is 9.17. The van der Waals surface area contributed by atoms with Gasteiger partial charge in [-0.3, -0.25) is 5.10 Å². The van der Waals surface area contributed by atoms with E-state index < -0.39 is 0 Å². The molecule has 0 spiro atoms. The number of H-pyrrole nitrogens is 1. The van der Waals surface area contributed by atoms with Crippen molar-refractivity contribution in [3.8, 4) is 0 Å². The molecule has 25 heavy (non-hydrogen) atoms. The van der Waals surface area contributed by atoms with Crippen molar-refractivity contribution in [1.29, 1.82) is 0 Å². The van der Waals surface area contributed by atoms with E-state index in [1.807, 2.05) is 0 Å². The monoisotopic (exact) mass is 334 g/mol. The Hall–Kier alpha value is -2.63. The topological polar surface area (TPSA) is 60.9 Å². The van der Waals surface area contributed by atoms with Crippen LogP contribution in [0.3, 0.4) is 0 Å². The zero-order valence-electron chi connectivity index (χ0n) is 14.3. The Balaban J connectivity index is 1.60. The largest absolute Gasteiger partial charge is 0.351 e. The van der Waals surface area contributed by atoms with Crippen LogP contribution in [-0.2, 0) is 13.0 Å². The van der Waals surface area contributed by atoms with Gasteiger partial charge in [0.05, 0.1) is 5.39 Å². The van der Waals surface area contributed by atoms with Crippen molar-refractivity contribution in [2.24, 2.45) is 0 Å². The van der Waals surface area contributed by atoms with E-state index in [0.29, 0.717) is 0 Å². The fraction of sp³-hybridized carbons (Fsp3) is 0.421. The number of hydrogen-bond donors (Lipinski definition) is 1. The van der Waals surface area contributed by atoms with Crippen molar-refractivity contribution < 1.29 is 0 Å². The van der Waals surface area contributed by atoms with Gasteiger partial charge in [0.1, 0.15) is 5.82 Å². The Kier molecular flexibility index (Phi) is 3.54. The summed E-state index contributed by atoms with van der Waals surface area (Å²) in [6.07, 6.45) is 4.54. The molecule has 0 radical (unpaired) electrons. The number of benzene rings is 1. The number of nitrogens with one attached hydrogen (secondary N) is 1. The van der Waals surface area contributed by atoms with Gasteiger partial charge in [0, 0.05) is 31.9 Å². The maximum absolute atomic E-state index is 5.00. The maximum Gasteiger partial charge on any atom is 0.229 e. The third-order valence-electron chi connectivity index (χ3n) is 5.22. The van der Waals surface area contributed by atoms with E-state index in [0.717, 1.165) is 61.8 Å². The van der Waals surface area contributed by atoms with Gasteiger partial charge in [-0.25, -0.2) is 0 Å². The van der Waals surface area contributed by atoms with Crippen molar-refractivity contribution >= 4 is 22.8 Å². The highest BCUT2D eigenvalue weighted by Crippen LogP contribution is 2.33. The van der Waals surface area contributed by atoms with Gasteiger partial charge < -0.3 is 9.80 Å². The zero-order valence-corrected chi connectivity index (χ0v) is 14.3. The SMILES string of the molecule is c1ccc(CN2CCCc3[nH]nc4nc(N5CCCC5)nc2c34)cc1. The molecule has 6 nitrogen and oxygen atoms in total. The molecule has 0 unspecified atom stereocenters. The highest BCUT2D eigenvalue weighted by atomic mass is 15.3. The molecule has 4 heterocycles. The summed E-state index contributed by atoms with van der Waals surface area (Å²) < 4.78 is 0. The molecule has 1 N–H and O–H groups in total. The van der Waals surface area contributed by atoms with Gasteiger partial charge in [0.25, 0.3) is 0 Å². The molecular formula is C19H22N6. The second kappa shape index (κ2) is 6.02. The van der Waals surface area contributed by atoms with E-state index >= 15 is 0 Å². The first-order chi connectivity index (χ1) is 12.4. The Labute approximate surface area is 146 Å². The summed E-state index contributed by atoms with van der Waals surface area (Å²) in [6, 6.07) is 10.6. The zero-order chi connectivity index (χ0) is 16.6. The number of aromatic amines is 1. The number of aryl methyl sites for hydroxylation is 1. The lowest BCUT2D eigenvalue weighted by Gasteiger charge is -2.24. The Morgan fingerprint density at radius 1 is 0.960 bits per heavy atom. The summed E-state index contributed by atoms with van der Waals surface area (Å²) in [4.78, 5) is 14.4. The Morgan fingerprint density at radius 2 is 1.80 bits per heavy atom. The second-order valence-electron chi connectivity index (χ2n) is 6.95. The minimum atomic E-state index is 0.807. The van der Waals surface area contributed by atoms with Crippen LogP contribution >= 0.6 is 0 Å². The van der Waals surface area contributed by atoms with E-state index in [-0.39, 0.29) is 0 Å². The van der Waals surface area contributed by atoms with Crippen LogP contribution in [0.4, 0.5) is 11.8 Å². The van der Waals surface area contributed by atoms with E-state index in [2.05, 4.69) is 50.3 Å². The van der Waals surface area contributed by atoms with Crippen molar-refractivity contribution in [2.45, 2.75) is 32.2 Å². The third kappa shape index (κ3) is 2.62. The van der Waals surface area contributed by atoms with Crippen LogP contribution in [0.5, 0.6) is 0 Å². The molecular weight excluding hydrogens is 312 g/mol. The van der Waals surface area contributed by atoms with Crippen molar-refractivity contribution in [3.05, 3.63) is 41.6 Å². The van der Waals surface area contributed by atoms with Gasteiger partial charge in [-0.15, -0.1) is 0 Å². The molecule has 1 fully saturated rings. The van der Waals surface area contributed by atoms with Crippen LogP contribution in [0.25, 0.3) is 11.0 Å². The van der Waals surface area contributed by atoms with Crippen molar-refractivity contribution in [1.82, 2.24) is 20.2 Å². The fourth-order valence-electron chi connectivity index (χ4n) is 3.93. The lowest BCUT2D eigenvalue weighted by Crippen LogP contribution is -2.26. The molecule has 0 bridgehead atoms. The molecule has 1 saturated heterocycles. The predicted molar refractivity (Wildman–Crippen MR) is 98.9 cm³/mol. The molecule has 5 rings (SSSR count). The summed E-state index contributed by atoms with van der Waals surface area (Å²) in [5.41, 5.74) is 3.29. The molecule has 2 aliphatic rings. The average Bonchev–Trinajstić information content (AvgIpc) is 3.28. The first kappa shape index (κ1) is 14.7. The molecule has 0 saturated carbocycles. The van der Waals surface area contributed by atoms with Crippen LogP contribution in [0.1, 0.15) is 30.5 Å². The van der Waals surface area contributed by atoms with Gasteiger partial charge in [0.15, 0.2) is 5.65 Å². The molecule has 1 aromatic carbocycles. The number of hydrogen-bond acceptors (Lipinski definition) is 5. The van der Waals surface area contributed by atoms with Gasteiger partial charge in [-0.1, -0.05) is 30.3 Å². The molecule has 2 aliphatic heterocycles. The van der Waals surface area contributed by atoms with Crippen LogP contribution in [0.15, 0.2) is 30.3 Å². The molecule has 2 aromatic heterocycles. The predicted octanol–water partition coefficient (Wildman–Crippen LogP) is 2.91. The molecule has 0 amide bonds.